The number of hydrogen-bond donors (Lipinski definition) is 2. The number of anilines is 1. The van der Waals surface area contributed by atoms with E-state index in [1.54, 1.807) is 0 Å². The number of aromatic nitrogens is 2. The van der Waals surface area contributed by atoms with E-state index < -0.39 is 10.0 Å². The minimum atomic E-state index is -3.48. The summed E-state index contributed by atoms with van der Waals surface area (Å²) in [5.41, 5.74) is 0. The first-order chi connectivity index (χ1) is 7.42. The van der Waals surface area contributed by atoms with Gasteiger partial charge in [0.15, 0.2) is 0 Å². The van der Waals surface area contributed by atoms with Gasteiger partial charge in [0.1, 0.15) is 0 Å². The second-order valence-corrected chi connectivity index (χ2v) is 5.43. The van der Waals surface area contributed by atoms with Crippen molar-refractivity contribution in [1.82, 2.24) is 9.97 Å². The molecular weight excluding hydrogens is 300 g/mol. The number of sulfonamides is 1. The zero-order valence-corrected chi connectivity index (χ0v) is 10.9. The highest BCUT2D eigenvalue weighted by molar-refractivity contribution is 9.10. The van der Waals surface area contributed by atoms with Crippen LogP contribution in [0.25, 0.3) is 0 Å². The molecule has 1 aromatic rings. The molecular formula is C7H11BrN4O3S. The fourth-order valence-electron chi connectivity index (χ4n) is 0.885. The average Bonchev–Trinajstić information content (AvgIpc) is 2.18. The maximum absolute atomic E-state index is 10.7. The number of halogens is 1. The van der Waals surface area contributed by atoms with Gasteiger partial charge < -0.3 is 10.1 Å². The highest BCUT2D eigenvalue weighted by atomic mass is 79.9. The normalized spacial score (nSPS) is 11.2. The molecule has 0 aliphatic heterocycles. The molecule has 0 saturated carbocycles. The molecule has 0 amide bonds. The number of nitrogens with one attached hydrogen (secondary N) is 1. The molecule has 1 heterocycles. The lowest BCUT2D eigenvalue weighted by Crippen LogP contribution is -2.22. The van der Waals surface area contributed by atoms with Crippen LogP contribution in [0.5, 0.6) is 5.88 Å². The Hall–Kier alpha value is -0.930. The van der Waals surface area contributed by atoms with Crippen molar-refractivity contribution >= 4 is 31.9 Å². The van der Waals surface area contributed by atoms with Crippen LogP contribution in [0, 0.1) is 0 Å². The molecule has 0 fully saturated rings. The molecule has 90 valence electrons. The summed E-state index contributed by atoms with van der Waals surface area (Å²) in [5, 5.41) is 7.56. The van der Waals surface area contributed by atoms with Crippen LogP contribution in [0.4, 0.5) is 5.95 Å². The van der Waals surface area contributed by atoms with Crippen molar-refractivity contribution in [2.75, 3.05) is 24.7 Å². The number of methoxy groups -OCH3 is 1. The Bertz CT molecular complexity index is 465. The second kappa shape index (κ2) is 5.41. The molecule has 7 nitrogen and oxygen atoms in total. The topological polar surface area (TPSA) is 107 Å². The third kappa shape index (κ3) is 4.29. The van der Waals surface area contributed by atoms with E-state index in [1.165, 1.54) is 13.3 Å². The Morgan fingerprint density at radius 2 is 2.31 bits per heavy atom. The number of rotatable bonds is 5. The second-order valence-electron chi connectivity index (χ2n) is 2.84. The van der Waals surface area contributed by atoms with E-state index in [1.807, 2.05) is 0 Å². The average molecular weight is 311 g/mol. The van der Waals surface area contributed by atoms with Gasteiger partial charge in [0.25, 0.3) is 0 Å². The fraction of sp³-hybridized carbons (Fsp3) is 0.429. The van der Waals surface area contributed by atoms with Crippen LogP contribution in [-0.2, 0) is 10.0 Å². The molecule has 9 heteroatoms. The summed E-state index contributed by atoms with van der Waals surface area (Å²) in [4.78, 5) is 7.91. The highest BCUT2D eigenvalue weighted by Gasteiger charge is 2.06. The third-order valence-corrected chi connectivity index (χ3v) is 2.89. The zero-order valence-electron chi connectivity index (χ0n) is 8.47. The first kappa shape index (κ1) is 13.1. The van der Waals surface area contributed by atoms with E-state index in [4.69, 9.17) is 9.88 Å². The minimum absolute atomic E-state index is 0.142. The Kier molecular flexibility index (Phi) is 4.44. The van der Waals surface area contributed by atoms with Gasteiger partial charge in [-0.3, -0.25) is 0 Å². The first-order valence-electron chi connectivity index (χ1n) is 4.23. The fourth-order valence-corrected chi connectivity index (χ4v) is 1.62. The lowest BCUT2D eigenvalue weighted by Gasteiger charge is -2.06. The third-order valence-electron chi connectivity index (χ3n) is 1.57. The molecule has 0 aliphatic rings. The summed E-state index contributed by atoms with van der Waals surface area (Å²) in [7, 11) is -2.00. The number of hydrogen-bond acceptors (Lipinski definition) is 6. The van der Waals surface area contributed by atoms with Gasteiger partial charge >= 0.3 is 0 Å². The van der Waals surface area contributed by atoms with Crippen molar-refractivity contribution in [2.24, 2.45) is 5.14 Å². The van der Waals surface area contributed by atoms with Crippen molar-refractivity contribution in [3.63, 3.8) is 0 Å². The van der Waals surface area contributed by atoms with Crippen LogP contribution >= 0.6 is 15.9 Å². The molecule has 1 rings (SSSR count). The summed E-state index contributed by atoms with van der Waals surface area (Å²) in [6.45, 7) is 0.142. The summed E-state index contributed by atoms with van der Waals surface area (Å²) in [5.74, 6) is 0.464. The Morgan fingerprint density at radius 3 is 2.88 bits per heavy atom. The maximum atomic E-state index is 10.7. The maximum Gasteiger partial charge on any atom is 0.232 e. The van der Waals surface area contributed by atoms with Gasteiger partial charge in [-0.2, -0.15) is 4.98 Å². The van der Waals surface area contributed by atoms with Gasteiger partial charge in [0.05, 0.1) is 23.5 Å². The van der Waals surface area contributed by atoms with E-state index in [2.05, 4.69) is 31.2 Å². The van der Waals surface area contributed by atoms with Crippen molar-refractivity contribution in [3.05, 3.63) is 10.7 Å². The van der Waals surface area contributed by atoms with Crippen LogP contribution in [0.3, 0.4) is 0 Å². The number of nitrogens with two attached hydrogens (primary N) is 1. The molecule has 3 N–H and O–H groups in total. The van der Waals surface area contributed by atoms with Crippen molar-refractivity contribution in [2.45, 2.75) is 0 Å². The predicted octanol–water partition coefficient (Wildman–Crippen LogP) is -0.0519. The molecule has 1 aromatic heterocycles. The molecule has 16 heavy (non-hydrogen) atoms. The van der Waals surface area contributed by atoms with E-state index in [-0.39, 0.29) is 18.2 Å². The Balaban J connectivity index is 2.61. The van der Waals surface area contributed by atoms with E-state index >= 15 is 0 Å². The Labute approximate surface area is 102 Å². The lowest BCUT2D eigenvalue weighted by molar-refractivity contribution is 0.394. The first-order valence-corrected chi connectivity index (χ1v) is 6.74. The molecule has 0 spiro atoms. The van der Waals surface area contributed by atoms with Crippen LogP contribution in [0.1, 0.15) is 0 Å². The summed E-state index contributed by atoms with van der Waals surface area (Å²) < 4.78 is 26.9. The van der Waals surface area contributed by atoms with Gasteiger partial charge in [-0.25, -0.2) is 18.5 Å². The smallest absolute Gasteiger partial charge is 0.232 e. The van der Waals surface area contributed by atoms with Gasteiger partial charge in [-0.1, -0.05) is 0 Å². The summed E-state index contributed by atoms with van der Waals surface area (Å²) >= 11 is 3.20. The summed E-state index contributed by atoms with van der Waals surface area (Å²) in [6.07, 6.45) is 1.51. The van der Waals surface area contributed by atoms with E-state index in [0.717, 1.165) is 0 Å². The van der Waals surface area contributed by atoms with Gasteiger partial charge in [-0.15, -0.1) is 0 Å². The summed E-state index contributed by atoms with van der Waals surface area (Å²) in [6, 6.07) is 0. The zero-order chi connectivity index (χ0) is 12.2. The standard InChI is InChI=1S/C7H11BrN4O3S/c1-15-6-5(8)4-11-7(12-6)10-2-3-16(9,13)14/h4H,2-3H2,1H3,(H2,9,13,14)(H,10,11,12). The molecule has 0 aliphatic carbocycles. The Morgan fingerprint density at radius 1 is 1.62 bits per heavy atom. The van der Waals surface area contributed by atoms with Gasteiger partial charge in [0, 0.05) is 6.54 Å². The molecule has 0 aromatic carbocycles. The van der Waals surface area contributed by atoms with Crippen LogP contribution in [0.2, 0.25) is 0 Å². The number of ether oxygens (including phenoxy) is 1. The van der Waals surface area contributed by atoms with Crippen LogP contribution < -0.4 is 15.2 Å². The van der Waals surface area contributed by atoms with Gasteiger partial charge in [-0.05, 0) is 15.9 Å². The predicted molar refractivity (Wildman–Crippen MR) is 62.7 cm³/mol. The molecule has 0 atom stereocenters. The quantitative estimate of drug-likeness (QED) is 0.789. The number of primary sulfonamides is 1. The van der Waals surface area contributed by atoms with Crippen molar-refractivity contribution in [1.29, 1.82) is 0 Å². The highest BCUT2D eigenvalue weighted by Crippen LogP contribution is 2.21. The van der Waals surface area contributed by atoms with Crippen molar-refractivity contribution in [3.8, 4) is 5.88 Å². The molecule has 0 unspecified atom stereocenters. The van der Waals surface area contributed by atoms with Crippen molar-refractivity contribution < 1.29 is 13.2 Å². The number of nitrogens with zero attached hydrogens (tertiary/aromatic N) is 2. The van der Waals surface area contributed by atoms with E-state index in [9.17, 15) is 8.42 Å². The van der Waals surface area contributed by atoms with Crippen LogP contribution in [0.15, 0.2) is 10.7 Å². The monoisotopic (exact) mass is 310 g/mol. The minimum Gasteiger partial charge on any atom is -0.480 e. The van der Waals surface area contributed by atoms with Crippen LogP contribution in [-0.4, -0.2) is 37.8 Å². The largest absolute Gasteiger partial charge is 0.480 e. The SMILES string of the molecule is COc1nc(NCCS(N)(=O)=O)ncc1Br. The van der Waals surface area contributed by atoms with E-state index in [0.29, 0.717) is 10.4 Å². The lowest BCUT2D eigenvalue weighted by atomic mass is 10.6. The molecule has 0 saturated heterocycles. The van der Waals surface area contributed by atoms with Gasteiger partial charge in [0.2, 0.25) is 21.9 Å². The molecule has 0 bridgehead atoms. The molecule has 0 radical (unpaired) electrons.